The number of carbonyl (C=O) groups is 6. The number of carbonyl (C=O) groups excluding carboxylic acids is 6. The average molecular weight is 1050 g/mol. The van der Waals surface area contributed by atoms with Crippen molar-refractivity contribution in [3.05, 3.63) is 41.2 Å². The van der Waals surface area contributed by atoms with Crippen LogP contribution in [0.15, 0.2) is 35.0 Å². The molecular formula is C49H76N8O17. The number of imide groups is 1. The molecule has 25 heteroatoms. The normalized spacial score (nSPS) is 15.3. The van der Waals surface area contributed by atoms with E-state index in [9.17, 15) is 28.8 Å². The summed E-state index contributed by atoms with van der Waals surface area (Å²) in [6, 6.07) is 1.44. The number of hydrogen-bond donors (Lipinski definition) is 3. The molecule has 1 aromatic heterocycles. The summed E-state index contributed by atoms with van der Waals surface area (Å²) in [5.41, 5.74) is 7.74. The number of aromatic nitrogens is 1. The zero-order chi connectivity index (χ0) is 53.0. The van der Waals surface area contributed by atoms with Gasteiger partial charge in [-0.25, -0.2) is 10.1 Å². The van der Waals surface area contributed by atoms with Crippen LogP contribution in [0.4, 0.5) is 5.69 Å². The molecule has 3 aliphatic rings. The Morgan fingerprint density at radius 3 is 1.70 bits per heavy atom. The van der Waals surface area contributed by atoms with E-state index in [1.54, 1.807) is 17.0 Å². The summed E-state index contributed by atoms with van der Waals surface area (Å²) in [5.74, 6) is -1.91. The smallest absolute Gasteiger partial charge is 0.273 e. The second kappa shape index (κ2) is 37.4. The predicted octanol–water partition coefficient (Wildman–Crippen LogP) is -0.0245. The van der Waals surface area contributed by atoms with Crippen molar-refractivity contribution < 1.29 is 81.0 Å². The number of nitrogens with one attached hydrogen (secondary N) is 2. The average Bonchev–Trinajstić information content (AvgIpc) is 3.93. The maximum Gasteiger partial charge on any atom is 0.273 e. The number of aliphatic imine (C=N–C) groups is 1. The van der Waals surface area contributed by atoms with Crippen LogP contribution in [0.5, 0.6) is 0 Å². The van der Waals surface area contributed by atoms with Crippen LogP contribution in [-0.4, -0.2) is 239 Å². The number of hydrogen-bond acceptors (Lipinski definition) is 20. The highest BCUT2D eigenvalue weighted by Crippen LogP contribution is 2.28. The molecule has 0 radical (unpaired) electrons. The molecule has 25 nitrogen and oxygen atoms in total. The highest BCUT2D eigenvalue weighted by atomic mass is 16.7. The number of hydroxylamine groups is 2. The molecule has 0 saturated carbocycles. The van der Waals surface area contributed by atoms with Crippen molar-refractivity contribution in [3.8, 4) is 0 Å². The predicted molar refractivity (Wildman–Crippen MR) is 266 cm³/mol. The lowest BCUT2D eigenvalue weighted by atomic mass is 10.1. The molecule has 1 unspecified atom stereocenters. The quantitative estimate of drug-likeness (QED) is 0.0440. The summed E-state index contributed by atoms with van der Waals surface area (Å²) in [7, 11) is 0. The first-order chi connectivity index (χ1) is 36.1. The SMILES string of the molecule is CCCN(OCC)C(=O)C1=Cc2ncc(C(=O)N3CCC(NC(=O)CCOCCOCCOCCOCCOCCOCCOCCOCCOCCOCCNC(=O)CN4C(=O)C=CC4=O)C3)cc2N=C(N)C1. The molecule has 1 atom stereocenters. The molecule has 4 N–H and O–H groups in total. The number of pyridine rings is 1. The van der Waals surface area contributed by atoms with Crippen LogP contribution in [0.3, 0.4) is 0 Å². The molecule has 1 saturated heterocycles. The Morgan fingerprint density at radius 2 is 1.20 bits per heavy atom. The van der Waals surface area contributed by atoms with Crippen molar-refractivity contribution >= 4 is 53.0 Å². The summed E-state index contributed by atoms with van der Waals surface area (Å²) in [4.78, 5) is 90.9. The second-order valence-corrected chi connectivity index (χ2v) is 16.5. The Bertz CT molecular complexity index is 1950. The fraction of sp³-hybridized carbons (Fsp3) is 0.673. The largest absolute Gasteiger partial charge is 0.387 e. The summed E-state index contributed by atoms with van der Waals surface area (Å²) in [5, 5.41) is 6.90. The second-order valence-electron chi connectivity index (χ2n) is 16.5. The van der Waals surface area contributed by atoms with Gasteiger partial charge in [0, 0.05) is 69.0 Å². The number of ether oxygens (including phenoxy) is 10. The van der Waals surface area contributed by atoms with Gasteiger partial charge >= 0.3 is 0 Å². The van der Waals surface area contributed by atoms with Gasteiger partial charge in [-0.2, -0.15) is 0 Å². The topological polar surface area (TPSA) is 289 Å². The van der Waals surface area contributed by atoms with E-state index >= 15 is 0 Å². The molecule has 4 heterocycles. The molecule has 0 aliphatic carbocycles. The van der Waals surface area contributed by atoms with Crippen LogP contribution < -0.4 is 16.4 Å². The molecule has 3 aliphatic heterocycles. The van der Waals surface area contributed by atoms with Gasteiger partial charge in [0.1, 0.15) is 12.4 Å². The third-order valence-corrected chi connectivity index (χ3v) is 10.7. The number of amides is 6. The monoisotopic (exact) mass is 1050 g/mol. The fourth-order valence-corrected chi connectivity index (χ4v) is 7.11. The van der Waals surface area contributed by atoms with Crippen LogP contribution in [0, 0.1) is 0 Å². The Hall–Kier alpha value is -5.32. The third kappa shape index (κ3) is 24.8. The fourth-order valence-electron chi connectivity index (χ4n) is 7.11. The first-order valence-electron chi connectivity index (χ1n) is 25.2. The van der Waals surface area contributed by atoms with E-state index in [1.807, 2.05) is 13.8 Å². The summed E-state index contributed by atoms with van der Waals surface area (Å²) in [6.07, 6.45) is 7.01. The number of rotatable bonds is 42. The Morgan fingerprint density at radius 1 is 0.703 bits per heavy atom. The summed E-state index contributed by atoms with van der Waals surface area (Å²) < 4.78 is 54.9. The maximum atomic E-state index is 13.4. The maximum absolute atomic E-state index is 13.4. The van der Waals surface area contributed by atoms with Crippen molar-refractivity contribution in [2.24, 2.45) is 10.7 Å². The van der Waals surface area contributed by atoms with Gasteiger partial charge in [0.25, 0.3) is 23.6 Å². The van der Waals surface area contributed by atoms with Gasteiger partial charge in [-0.3, -0.25) is 43.5 Å². The van der Waals surface area contributed by atoms with Gasteiger partial charge < -0.3 is 68.6 Å². The van der Waals surface area contributed by atoms with Gasteiger partial charge in [-0.1, -0.05) is 6.92 Å². The van der Waals surface area contributed by atoms with Crippen molar-refractivity contribution in [1.82, 2.24) is 30.5 Å². The van der Waals surface area contributed by atoms with E-state index in [0.29, 0.717) is 174 Å². The molecule has 414 valence electrons. The summed E-state index contributed by atoms with van der Waals surface area (Å²) >= 11 is 0. The number of fused-ring (bicyclic) bond motifs is 1. The molecule has 1 fully saturated rings. The molecule has 74 heavy (non-hydrogen) atoms. The molecule has 1 aromatic rings. The highest BCUT2D eigenvalue weighted by molar-refractivity contribution is 6.14. The lowest BCUT2D eigenvalue weighted by Gasteiger charge is -2.21. The van der Waals surface area contributed by atoms with Crippen LogP contribution in [0.25, 0.3) is 6.08 Å². The number of nitrogens with zero attached hydrogens (tertiary/aromatic N) is 5. The third-order valence-electron chi connectivity index (χ3n) is 10.7. The molecular weight excluding hydrogens is 973 g/mol. The molecule has 0 aromatic carbocycles. The highest BCUT2D eigenvalue weighted by Gasteiger charge is 2.30. The number of nitrogens with two attached hydrogens (primary N) is 1. The van der Waals surface area contributed by atoms with Gasteiger partial charge in [0.15, 0.2) is 0 Å². The number of amidine groups is 1. The summed E-state index contributed by atoms with van der Waals surface area (Å²) in [6.45, 7) is 13.2. The van der Waals surface area contributed by atoms with E-state index in [2.05, 4.69) is 20.6 Å². The van der Waals surface area contributed by atoms with Crippen LogP contribution in [0.2, 0.25) is 0 Å². The lowest BCUT2D eigenvalue weighted by Crippen LogP contribution is -2.41. The number of likely N-dealkylation sites (tertiary alicyclic amines) is 1. The Kier molecular flexibility index (Phi) is 31.0. The molecule has 0 spiro atoms. The van der Waals surface area contributed by atoms with E-state index in [-0.39, 0.29) is 68.7 Å². The van der Waals surface area contributed by atoms with Crippen molar-refractivity contribution in [2.45, 2.75) is 45.6 Å². The Labute approximate surface area is 432 Å². The minimum absolute atomic E-state index is 0.124. The van der Waals surface area contributed by atoms with Crippen LogP contribution in [-0.2, 0) is 76.2 Å². The van der Waals surface area contributed by atoms with Gasteiger partial charge in [0.2, 0.25) is 11.8 Å². The van der Waals surface area contributed by atoms with Crippen molar-refractivity contribution in [3.63, 3.8) is 0 Å². The minimum Gasteiger partial charge on any atom is -0.387 e. The van der Waals surface area contributed by atoms with Crippen LogP contribution in [0.1, 0.15) is 55.6 Å². The van der Waals surface area contributed by atoms with Crippen molar-refractivity contribution in [1.29, 1.82) is 0 Å². The zero-order valence-electron chi connectivity index (χ0n) is 42.9. The minimum atomic E-state index is -0.501. The molecule has 6 amide bonds. The Balaban J connectivity index is 0.847. The molecule has 4 rings (SSSR count). The van der Waals surface area contributed by atoms with E-state index in [0.717, 1.165) is 23.5 Å². The van der Waals surface area contributed by atoms with E-state index < -0.39 is 17.7 Å². The van der Waals surface area contributed by atoms with E-state index in [1.165, 1.54) is 11.3 Å². The van der Waals surface area contributed by atoms with Crippen molar-refractivity contribution in [2.75, 3.05) is 171 Å². The van der Waals surface area contributed by atoms with E-state index in [4.69, 9.17) is 57.9 Å². The van der Waals surface area contributed by atoms with Gasteiger partial charge in [0.05, 0.1) is 156 Å². The lowest BCUT2D eigenvalue weighted by molar-refractivity contribution is -0.180. The first-order valence-corrected chi connectivity index (χ1v) is 25.2. The van der Waals surface area contributed by atoms with Gasteiger partial charge in [-0.05, 0) is 31.9 Å². The first kappa shape index (κ1) is 61.2. The zero-order valence-corrected chi connectivity index (χ0v) is 42.9. The van der Waals surface area contributed by atoms with Gasteiger partial charge in [-0.15, -0.1) is 0 Å². The standard InChI is InChI=1S/C49H76N8O17/c1-3-10-57(74-4-2)49(63)38-32-41-42(54-43(50)34-38)33-39(35-52-41)48(62)55-11-7-40(36-55)53-44(58)8-12-64-14-16-66-18-20-68-22-24-70-26-28-72-30-31-73-29-27-71-25-23-69-21-19-67-17-15-65-13-9-51-45(59)37-56-46(60)5-6-47(56)61/h5-6,32-33,35,40H,3-4,7-31,34,36-37H2,1-2H3,(H2,50,54)(H,51,59)(H,53,58). The van der Waals surface area contributed by atoms with Crippen LogP contribution >= 0.6 is 0 Å². The molecule has 0 bridgehead atoms.